The standard InChI is InChI=1S/C12H12F2O3/c1-16-11-7(14)3-2-6(13)10(11)8-5-4-17-12(15)9(5)8/h2-3,5,8-9,12,15H,4H2,1H3/t5-,8+,9-,12?/m1/s1. The summed E-state index contributed by atoms with van der Waals surface area (Å²) in [6, 6.07) is 2.14. The minimum atomic E-state index is -0.877. The maximum absolute atomic E-state index is 13.8. The van der Waals surface area contributed by atoms with Crippen molar-refractivity contribution >= 4 is 0 Å². The molecule has 0 bridgehead atoms. The summed E-state index contributed by atoms with van der Waals surface area (Å²) in [5.41, 5.74) is 0.227. The number of aliphatic hydroxyl groups is 1. The van der Waals surface area contributed by atoms with Crippen molar-refractivity contribution in [3.63, 3.8) is 0 Å². The lowest BCUT2D eigenvalue weighted by atomic mass is 10.0. The topological polar surface area (TPSA) is 38.7 Å². The zero-order chi connectivity index (χ0) is 12.2. The van der Waals surface area contributed by atoms with E-state index in [-0.39, 0.29) is 29.1 Å². The lowest BCUT2D eigenvalue weighted by Crippen LogP contribution is -2.12. The molecule has 1 aliphatic heterocycles. The average molecular weight is 242 g/mol. The molecule has 2 aliphatic rings. The lowest BCUT2D eigenvalue weighted by Gasteiger charge is -2.14. The zero-order valence-electron chi connectivity index (χ0n) is 9.19. The molecule has 0 radical (unpaired) electrons. The predicted octanol–water partition coefficient (Wildman–Crippen LogP) is 1.65. The van der Waals surface area contributed by atoms with Crippen molar-refractivity contribution in [1.82, 2.24) is 0 Å². The molecule has 1 aromatic carbocycles. The van der Waals surface area contributed by atoms with E-state index >= 15 is 0 Å². The first-order chi connectivity index (χ1) is 8.15. The smallest absolute Gasteiger partial charge is 0.165 e. The summed E-state index contributed by atoms with van der Waals surface area (Å²) < 4.78 is 37.2. The molecule has 0 spiro atoms. The van der Waals surface area contributed by atoms with Crippen LogP contribution in [0.25, 0.3) is 0 Å². The van der Waals surface area contributed by atoms with Gasteiger partial charge in [-0.2, -0.15) is 0 Å². The fraction of sp³-hybridized carbons (Fsp3) is 0.500. The molecule has 4 atom stereocenters. The van der Waals surface area contributed by atoms with Crippen LogP contribution in [-0.2, 0) is 4.74 Å². The van der Waals surface area contributed by atoms with Gasteiger partial charge >= 0.3 is 0 Å². The monoisotopic (exact) mass is 242 g/mol. The number of halogens is 2. The van der Waals surface area contributed by atoms with E-state index in [9.17, 15) is 13.9 Å². The molecule has 1 saturated carbocycles. The Morgan fingerprint density at radius 3 is 2.65 bits per heavy atom. The Balaban J connectivity index is 2.01. The summed E-state index contributed by atoms with van der Waals surface area (Å²) in [5, 5.41) is 9.52. The van der Waals surface area contributed by atoms with E-state index in [1.165, 1.54) is 7.11 Å². The van der Waals surface area contributed by atoms with E-state index in [1.54, 1.807) is 0 Å². The highest BCUT2D eigenvalue weighted by atomic mass is 19.1. The van der Waals surface area contributed by atoms with Gasteiger partial charge in [0, 0.05) is 17.4 Å². The number of aliphatic hydroxyl groups excluding tert-OH is 1. The minimum absolute atomic E-state index is 0.0587. The Morgan fingerprint density at radius 1 is 1.35 bits per heavy atom. The van der Waals surface area contributed by atoms with Crippen LogP contribution < -0.4 is 4.74 Å². The Morgan fingerprint density at radius 2 is 2.06 bits per heavy atom. The first kappa shape index (κ1) is 10.9. The van der Waals surface area contributed by atoms with Gasteiger partial charge in [-0.25, -0.2) is 8.78 Å². The van der Waals surface area contributed by atoms with Gasteiger partial charge in [-0.05, 0) is 18.1 Å². The zero-order valence-corrected chi connectivity index (χ0v) is 9.19. The van der Waals surface area contributed by atoms with Crippen LogP contribution >= 0.6 is 0 Å². The van der Waals surface area contributed by atoms with Gasteiger partial charge in [0.1, 0.15) is 5.82 Å². The Labute approximate surface area is 97.0 Å². The molecule has 3 nitrogen and oxygen atoms in total. The molecule has 3 rings (SSSR count). The predicted molar refractivity (Wildman–Crippen MR) is 54.6 cm³/mol. The number of benzene rings is 1. The van der Waals surface area contributed by atoms with Gasteiger partial charge in [-0.3, -0.25) is 0 Å². The molecular formula is C12H12F2O3. The third-order valence-electron chi connectivity index (χ3n) is 3.65. The molecule has 1 N–H and O–H groups in total. The highest BCUT2D eigenvalue weighted by Gasteiger charge is 2.61. The second-order valence-corrected chi connectivity index (χ2v) is 4.47. The molecule has 1 aliphatic carbocycles. The van der Waals surface area contributed by atoms with Crippen LogP contribution in [0.5, 0.6) is 5.75 Å². The van der Waals surface area contributed by atoms with E-state index in [4.69, 9.17) is 9.47 Å². The molecule has 1 aromatic rings. The van der Waals surface area contributed by atoms with Crippen molar-refractivity contribution in [2.24, 2.45) is 11.8 Å². The summed E-state index contributed by atoms with van der Waals surface area (Å²) >= 11 is 0. The van der Waals surface area contributed by atoms with Gasteiger partial charge < -0.3 is 14.6 Å². The molecule has 1 heterocycles. The SMILES string of the molecule is COc1c(F)ccc(F)c1[C@H]1[C@H]2COC(O)[C@H]21. The van der Waals surface area contributed by atoms with Gasteiger partial charge in [0.2, 0.25) is 0 Å². The van der Waals surface area contributed by atoms with Crippen LogP contribution in [0.2, 0.25) is 0 Å². The Bertz CT molecular complexity index is 463. The third-order valence-corrected chi connectivity index (χ3v) is 3.65. The lowest BCUT2D eigenvalue weighted by molar-refractivity contribution is -0.0847. The van der Waals surface area contributed by atoms with E-state index in [0.717, 1.165) is 12.1 Å². The fourth-order valence-electron chi connectivity index (χ4n) is 2.80. The van der Waals surface area contributed by atoms with Crippen molar-refractivity contribution in [3.8, 4) is 5.75 Å². The maximum atomic E-state index is 13.8. The number of methoxy groups -OCH3 is 1. The van der Waals surface area contributed by atoms with Gasteiger partial charge in [-0.1, -0.05) is 0 Å². The number of rotatable bonds is 2. The number of hydrogen-bond acceptors (Lipinski definition) is 3. The summed E-state index contributed by atoms with van der Waals surface area (Å²) in [6.45, 7) is 0.385. The number of hydrogen-bond donors (Lipinski definition) is 1. The maximum Gasteiger partial charge on any atom is 0.165 e. The van der Waals surface area contributed by atoms with Gasteiger partial charge in [0.05, 0.1) is 13.7 Å². The number of fused-ring (bicyclic) bond motifs is 1. The van der Waals surface area contributed by atoms with Crippen LogP contribution in [0.3, 0.4) is 0 Å². The quantitative estimate of drug-likeness (QED) is 0.857. The highest BCUT2D eigenvalue weighted by molar-refractivity contribution is 5.43. The molecule has 0 aromatic heterocycles. The van der Waals surface area contributed by atoms with Crippen LogP contribution in [0.4, 0.5) is 8.78 Å². The second kappa shape index (κ2) is 3.65. The summed E-state index contributed by atoms with van der Waals surface area (Å²) in [4.78, 5) is 0. The van der Waals surface area contributed by atoms with E-state index in [0.29, 0.717) is 6.61 Å². The molecule has 1 saturated heterocycles. The van der Waals surface area contributed by atoms with Gasteiger partial charge in [0.15, 0.2) is 17.9 Å². The second-order valence-electron chi connectivity index (χ2n) is 4.47. The van der Waals surface area contributed by atoms with Gasteiger partial charge in [-0.15, -0.1) is 0 Å². The van der Waals surface area contributed by atoms with Gasteiger partial charge in [0.25, 0.3) is 0 Å². The van der Waals surface area contributed by atoms with E-state index in [1.807, 2.05) is 0 Å². The number of ether oxygens (including phenoxy) is 2. The minimum Gasteiger partial charge on any atom is -0.493 e. The van der Waals surface area contributed by atoms with E-state index in [2.05, 4.69) is 0 Å². The molecule has 1 unspecified atom stereocenters. The summed E-state index contributed by atoms with van der Waals surface area (Å²) in [5.74, 6) is -1.41. The van der Waals surface area contributed by atoms with Crippen LogP contribution in [0.15, 0.2) is 12.1 Å². The molecular weight excluding hydrogens is 230 g/mol. The van der Waals surface area contributed by atoms with Crippen molar-refractivity contribution in [3.05, 3.63) is 29.3 Å². The Kier molecular flexibility index (Phi) is 2.34. The largest absolute Gasteiger partial charge is 0.493 e. The molecule has 92 valence electrons. The molecule has 5 heteroatoms. The normalized spacial score (nSPS) is 34.6. The van der Waals surface area contributed by atoms with Crippen molar-refractivity contribution in [1.29, 1.82) is 0 Å². The van der Waals surface area contributed by atoms with Crippen LogP contribution in [0, 0.1) is 23.5 Å². The first-order valence-electron chi connectivity index (χ1n) is 5.46. The highest BCUT2D eigenvalue weighted by Crippen LogP contribution is 2.62. The van der Waals surface area contributed by atoms with Crippen LogP contribution in [0.1, 0.15) is 11.5 Å². The van der Waals surface area contributed by atoms with Crippen LogP contribution in [-0.4, -0.2) is 25.1 Å². The van der Waals surface area contributed by atoms with Crippen molar-refractivity contribution in [2.45, 2.75) is 12.2 Å². The fourth-order valence-corrected chi connectivity index (χ4v) is 2.80. The third kappa shape index (κ3) is 1.46. The van der Waals surface area contributed by atoms with E-state index < -0.39 is 17.9 Å². The average Bonchev–Trinajstić information content (AvgIpc) is 2.90. The first-order valence-corrected chi connectivity index (χ1v) is 5.46. The van der Waals surface area contributed by atoms with Crippen molar-refractivity contribution in [2.75, 3.05) is 13.7 Å². The summed E-state index contributed by atoms with van der Waals surface area (Å²) in [7, 11) is 1.31. The molecule has 2 fully saturated rings. The molecule has 17 heavy (non-hydrogen) atoms. The molecule has 0 amide bonds. The summed E-state index contributed by atoms with van der Waals surface area (Å²) in [6.07, 6.45) is -0.877. The van der Waals surface area contributed by atoms with Crippen molar-refractivity contribution < 1.29 is 23.4 Å². The Hall–Kier alpha value is -1.20.